The zero-order chi connectivity index (χ0) is 27.9. The molecule has 10 heteroatoms. The number of rotatable bonds is 11. The van der Waals surface area contributed by atoms with Gasteiger partial charge >= 0.3 is 0 Å². The average molecular weight is 558 g/mol. The molecule has 2 amide bonds. The van der Waals surface area contributed by atoms with Gasteiger partial charge in [0.25, 0.3) is 10.0 Å². The highest BCUT2D eigenvalue weighted by Crippen LogP contribution is 2.28. The van der Waals surface area contributed by atoms with Crippen LogP contribution in [0.5, 0.6) is 5.75 Å². The van der Waals surface area contributed by atoms with Crippen LogP contribution in [0.25, 0.3) is 0 Å². The van der Waals surface area contributed by atoms with Crippen molar-refractivity contribution in [2.45, 2.75) is 38.3 Å². The molecule has 0 radical (unpaired) electrons. The zero-order valence-corrected chi connectivity index (χ0v) is 23.4. The highest BCUT2D eigenvalue weighted by atomic mass is 35.5. The SMILES string of the molecule is CCNC(=O)[C@@H](C)N(Cc1ccccc1C)C(=O)CN(c1cccc(Cl)c1)S(=O)(=O)c1ccc(OC)cc1. The molecule has 0 bridgehead atoms. The van der Waals surface area contributed by atoms with Crippen LogP contribution < -0.4 is 14.4 Å². The second kappa shape index (κ2) is 12.8. The van der Waals surface area contributed by atoms with Crippen LogP contribution in [-0.2, 0) is 26.2 Å². The maximum atomic E-state index is 13.8. The lowest BCUT2D eigenvalue weighted by Crippen LogP contribution is -2.51. The number of halogens is 1. The van der Waals surface area contributed by atoms with Crippen molar-refractivity contribution >= 4 is 39.1 Å². The predicted octanol–water partition coefficient (Wildman–Crippen LogP) is 4.41. The minimum atomic E-state index is -4.19. The van der Waals surface area contributed by atoms with Gasteiger partial charge in [0, 0.05) is 18.1 Å². The van der Waals surface area contributed by atoms with Crippen molar-refractivity contribution in [2.75, 3.05) is 24.5 Å². The normalized spacial score (nSPS) is 11.9. The summed E-state index contributed by atoms with van der Waals surface area (Å²) in [6.45, 7) is 5.33. The highest BCUT2D eigenvalue weighted by Gasteiger charge is 2.32. The number of sulfonamides is 1. The summed E-state index contributed by atoms with van der Waals surface area (Å²) in [6.07, 6.45) is 0. The lowest BCUT2D eigenvalue weighted by molar-refractivity contribution is -0.139. The van der Waals surface area contributed by atoms with Gasteiger partial charge in [0.1, 0.15) is 18.3 Å². The standard InChI is InChI=1S/C28H32ClN3O5S/c1-5-30-28(34)21(3)31(18-22-10-7-6-9-20(22)2)27(33)19-32(24-12-8-11-23(29)17-24)38(35,36)26-15-13-25(37-4)14-16-26/h6-17,21H,5,18-19H2,1-4H3,(H,30,34)/t21-/m1/s1. The van der Waals surface area contributed by atoms with E-state index in [0.717, 1.165) is 15.4 Å². The molecule has 3 rings (SSSR count). The molecule has 8 nitrogen and oxygen atoms in total. The molecule has 202 valence electrons. The minimum Gasteiger partial charge on any atom is -0.497 e. The van der Waals surface area contributed by atoms with E-state index in [2.05, 4.69) is 5.32 Å². The van der Waals surface area contributed by atoms with Crippen LogP contribution in [0.3, 0.4) is 0 Å². The number of ether oxygens (including phenoxy) is 1. The largest absolute Gasteiger partial charge is 0.497 e. The van der Waals surface area contributed by atoms with Crippen LogP contribution >= 0.6 is 11.6 Å². The molecule has 0 aromatic heterocycles. The fraction of sp³-hybridized carbons (Fsp3) is 0.286. The lowest BCUT2D eigenvalue weighted by atomic mass is 10.1. The fourth-order valence-corrected chi connectivity index (χ4v) is 5.50. The number of anilines is 1. The Morgan fingerprint density at radius 1 is 1.03 bits per heavy atom. The number of benzene rings is 3. The number of nitrogens with one attached hydrogen (secondary N) is 1. The van der Waals surface area contributed by atoms with Gasteiger partial charge in [-0.2, -0.15) is 0 Å². The second-order valence-corrected chi connectivity index (χ2v) is 11.0. The average Bonchev–Trinajstić information content (AvgIpc) is 2.90. The summed E-state index contributed by atoms with van der Waals surface area (Å²) in [5.74, 6) is -0.375. The Hall–Kier alpha value is -3.56. The third-order valence-electron chi connectivity index (χ3n) is 6.14. The summed E-state index contributed by atoms with van der Waals surface area (Å²) in [5, 5.41) is 3.06. The van der Waals surface area contributed by atoms with E-state index in [1.165, 1.54) is 42.3 Å². The molecular formula is C28H32ClN3O5S. The monoisotopic (exact) mass is 557 g/mol. The molecule has 38 heavy (non-hydrogen) atoms. The molecule has 0 aliphatic carbocycles. The van der Waals surface area contributed by atoms with E-state index < -0.39 is 28.5 Å². The van der Waals surface area contributed by atoms with Crippen LogP contribution in [0.4, 0.5) is 5.69 Å². The van der Waals surface area contributed by atoms with Gasteiger partial charge in [-0.15, -0.1) is 0 Å². The topological polar surface area (TPSA) is 96.0 Å². The fourth-order valence-electron chi connectivity index (χ4n) is 3.91. The Morgan fingerprint density at radius 2 is 1.71 bits per heavy atom. The van der Waals surface area contributed by atoms with Crippen LogP contribution in [0.2, 0.25) is 5.02 Å². The van der Waals surface area contributed by atoms with Gasteiger partial charge in [-0.05, 0) is 74.4 Å². The molecule has 0 aliphatic rings. The lowest BCUT2D eigenvalue weighted by Gasteiger charge is -2.32. The third-order valence-corrected chi connectivity index (χ3v) is 8.17. The molecule has 3 aromatic carbocycles. The Kier molecular flexibility index (Phi) is 9.77. The van der Waals surface area contributed by atoms with Crippen molar-refractivity contribution in [1.29, 1.82) is 0 Å². The van der Waals surface area contributed by atoms with Crippen molar-refractivity contribution < 1.29 is 22.7 Å². The number of methoxy groups -OCH3 is 1. The molecule has 0 heterocycles. The Morgan fingerprint density at radius 3 is 2.32 bits per heavy atom. The quantitative estimate of drug-likeness (QED) is 0.377. The predicted molar refractivity (Wildman–Crippen MR) is 149 cm³/mol. The van der Waals surface area contributed by atoms with E-state index in [9.17, 15) is 18.0 Å². The molecule has 0 saturated carbocycles. The molecule has 0 saturated heterocycles. The van der Waals surface area contributed by atoms with E-state index >= 15 is 0 Å². The third kappa shape index (κ3) is 6.85. The van der Waals surface area contributed by atoms with Gasteiger partial charge in [0.15, 0.2) is 0 Å². The number of hydrogen-bond donors (Lipinski definition) is 1. The molecule has 0 aliphatic heterocycles. The van der Waals surface area contributed by atoms with Crippen molar-refractivity contribution in [1.82, 2.24) is 10.2 Å². The number of aryl methyl sites for hydroxylation is 1. The molecular weight excluding hydrogens is 526 g/mol. The van der Waals surface area contributed by atoms with Gasteiger partial charge in [-0.1, -0.05) is 41.9 Å². The van der Waals surface area contributed by atoms with Crippen molar-refractivity contribution in [3.8, 4) is 5.75 Å². The van der Waals surface area contributed by atoms with Crippen molar-refractivity contribution in [3.05, 3.63) is 88.9 Å². The first-order chi connectivity index (χ1) is 18.1. The highest BCUT2D eigenvalue weighted by molar-refractivity contribution is 7.92. The summed E-state index contributed by atoms with van der Waals surface area (Å²) < 4.78 is 33.8. The number of carbonyl (C=O) groups is 2. The first kappa shape index (κ1) is 29.0. The summed E-state index contributed by atoms with van der Waals surface area (Å²) in [5.41, 5.74) is 2.03. The first-order valence-corrected chi connectivity index (χ1v) is 13.9. The molecule has 0 spiro atoms. The summed E-state index contributed by atoms with van der Waals surface area (Å²) in [4.78, 5) is 28.0. The molecule has 1 atom stereocenters. The first-order valence-electron chi connectivity index (χ1n) is 12.1. The second-order valence-electron chi connectivity index (χ2n) is 8.69. The molecule has 1 N–H and O–H groups in total. The maximum absolute atomic E-state index is 13.8. The van der Waals surface area contributed by atoms with Gasteiger partial charge in [0.2, 0.25) is 11.8 Å². The van der Waals surface area contributed by atoms with E-state index in [1.807, 2.05) is 31.2 Å². The Bertz CT molecular complexity index is 1380. The number of hydrogen-bond acceptors (Lipinski definition) is 5. The van der Waals surface area contributed by atoms with Gasteiger partial charge in [0.05, 0.1) is 17.7 Å². The van der Waals surface area contributed by atoms with E-state index in [-0.39, 0.29) is 23.0 Å². The van der Waals surface area contributed by atoms with E-state index in [1.54, 1.807) is 32.0 Å². The van der Waals surface area contributed by atoms with Gasteiger partial charge in [-0.25, -0.2) is 8.42 Å². The zero-order valence-electron chi connectivity index (χ0n) is 21.8. The number of likely N-dealkylation sites (N-methyl/N-ethyl adjacent to an activating group) is 1. The van der Waals surface area contributed by atoms with Gasteiger partial charge in [-0.3, -0.25) is 13.9 Å². The van der Waals surface area contributed by atoms with Crippen molar-refractivity contribution in [2.24, 2.45) is 0 Å². The summed E-state index contributed by atoms with van der Waals surface area (Å²) >= 11 is 6.19. The molecule has 3 aromatic rings. The molecule has 0 fully saturated rings. The summed E-state index contributed by atoms with van der Waals surface area (Å²) in [7, 11) is -2.71. The van der Waals surface area contributed by atoms with E-state index in [4.69, 9.17) is 16.3 Å². The maximum Gasteiger partial charge on any atom is 0.264 e. The van der Waals surface area contributed by atoms with Crippen LogP contribution in [0.1, 0.15) is 25.0 Å². The minimum absolute atomic E-state index is 0.0201. The van der Waals surface area contributed by atoms with Crippen LogP contribution in [0, 0.1) is 6.92 Å². The molecule has 0 unspecified atom stereocenters. The number of amides is 2. The number of carbonyl (C=O) groups excluding carboxylic acids is 2. The Labute approximate surface area is 229 Å². The smallest absolute Gasteiger partial charge is 0.264 e. The van der Waals surface area contributed by atoms with Crippen LogP contribution in [0.15, 0.2) is 77.7 Å². The van der Waals surface area contributed by atoms with Gasteiger partial charge < -0.3 is 15.0 Å². The summed E-state index contributed by atoms with van der Waals surface area (Å²) in [6, 6.07) is 18.9. The van der Waals surface area contributed by atoms with Crippen molar-refractivity contribution in [3.63, 3.8) is 0 Å². The number of nitrogens with zero attached hydrogens (tertiary/aromatic N) is 2. The van der Waals surface area contributed by atoms with Crippen LogP contribution in [-0.4, -0.2) is 51.4 Å². The van der Waals surface area contributed by atoms with E-state index in [0.29, 0.717) is 17.3 Å². The Balaban J connectivity index is 2.04.